The third-order valence-corrected chi connectivity index (χ3v) is 7.33. The fourth-order valence-corrected chi connectivity index (χ4v) is 4.94. The number of para-hydroxylation sites is 1. The highest BCUT2D eigenvalue weighted by molar-refractivity contribution is 7.90. The normalized spacial score (nSPS) is 14.2. The zero-order chi connectivity index (χ0) is 25.7. The number of hydrogen-bond acceptors (Lipinski definition) is 7. The van der Waals surface area contributed by atoms with Crippen LogP contribution in [0.1, 0.15) is 11.3 Å². The van der Waals surface area contributed by atoms with Gasteiger partial charge in [0.25, 0.3) is 10.0 Å². The van der Waals surface area contributed by atoms with Gasteiger partial charge in [0.15, 0.2) is 5.82 Å². The topological polar surface area (TPSA) is 121 Å². The van der Waals surface area contributed by atoms with Gasteiger partial charge in [0, 0.05) is 31.2 Å². The highest BCUT2D eigenvalue weighted by Gasteiger charge is 2.30. The van der Waals surface area contributed by atoms with Crippen LogP contribution in [0, 0.1) is 18.3 Å². The summed E-state index contributed by atoms with van der Waals surface area (Å²) in [6.07, 6.45) is 0. The van der Waals surface area contributed by atoms with E-state index in [1.165, 1.54) is 33.8 Å². The summed E-state index contributed by atoms with van der Waals surface area (Å²) < 4.78 is 35.0. The van der Waals surface area contributed by atoms with Gasteiger partial charge in [0.1, 0.15) is 11.6 Å². The second-order valence-electron chi connectivity index (χ2n) is 8.11. The molecule has 1 saturated heterocycles. The van der Waals surface area contributed by atoms with E-state index in [-0.39, 0.29) is 22.8 Å². The van der Waals surface area contributed by atoms with Gasteiger partial charge in [-0.25, -0.2) is 22.6 Å². The van der Waals surface area contributed by atoms with Gasteiger partial charge in [-0.2, -0.15) is 10.4 Å². The summed E-state index contributed by atoms with van der Waals surface area (Å²) in [5, 5.41) is 14.8. The smallest absolute Gasteiger partial charge is 0.337 e. The number of morpholine rings is 1. The second kappa shape index (κ2) is 11.1. The fourth-order valence-electron chi connectivity index (χ4n) is 3.86. The Morgan fingerprint density at radius 1 is 1.17 bits per heavy atom. The molecule has 0 saturated carbocycles. The summed E-state index contributed by atoms with van der Waals surface area (Å²) in [7, 11) is -4.21. The first kappa shape index (κ1) is 25.7. The maximum absolute atomic E-state index is 13.5. The number of aromatic nitrogens is 2. The Labute approximate surface area is 214 Å². The highest BCUT2D eigenvalue weighted by atomic mass is 35.5. The van der Waals surface area contributed by atoms with Crippen LogP contribution in [0.2, 0.25) is 5.02 Å². The lowest BCUT2D eigenvalue weighted by Gasteiger charge is -2.30. The Bertz CT molecular complexity index is 1360. The number of anilines is 1. The molecule has 12 heteroatoms. The van der Waals surface area contributed by atoms with Crippen molar-refractivity contribution in [2.45, 2.75) is 11.8 Å². The first-order chi connectivity index (χ1) is 17.3. The lowest BCUT2D eigenvalue weighted by molar-refractivity contribution is 0.0393. The number of nitrogens with zero attached hydrogens (tertiary/aromatic N) is 5. The Balaban J connectivity index is 1.73. The van der Waals surface area contributed by atoms with Crippen molar-refractivity contribution in [3.05, 3.63) is 70.9 Å². The van der Waals surface area contributed by atoms with Crippen LogP contribution in [-0.4, -0.2) is 68.5 Å². The van der Waals surface area contributed by atoms with Gasteiger partial charge in [-0.3, -0.25) is 9.80 Å². The first-order valence-electron chi connectivity index (χ1n) is 11.3. The largest absolute Gasteiger partial charge is 0.379 e. The summed E-state index contributed by atoms with van der Waals surface area (Å²) in [5.41, 5.74) is 1.22. The molecule has 1 aliphatic rings. The minimum absolute atomic E-state index is 0.110. The highest BCUT2D eigenvalue weighted by Crippen LogP contribution is 2.27. The van der Waals surface area contributed by atoms with E-state index in [2.05, 4.69) is 20.8 Å². The van der Waals surface area contributed by atoms with Crippen LogP contribution in [0.25, 0.3) is 5.69 Å². The number of rotatable bonds is 7. The van der Waals surface area contributed by atoms with Crippen LogP contribution < -0.4 is 9.62 Å². The number of halogens is 1. The molecule has 0 radical (unpaired) electrons. The third-order valence-electron chi connectivity index (χ3n) is 5.74. The van der Waals surface area contributed by atoms with Crippen LogP contribution in [0.15, 0.2) is 59.5 Å². The predicted molar refractivity (Wildman–Crippen MR) is 135 cm³/mol. The van der Waals surface area contributed by atoms with Crippen molar-refractivity contribution in [1.29, 1.82) is 5.26 Å². The Hall–Kier alpha value is -3.43. The van der Waals surface area contributed by atoms with Crippen molar-refractivity contribution in [2.75, 3.05) is 44.3 Å². The molecule has 36 heavy (non-hydrogen) atoms. The zero-order valence-electron chi connectivity index (χ0n) is 19.6. The molecule has 0 bridgehead atoms. The Kier molecular flexibility index (Phi) is 7.91. The van der Waals surface area contributed by atoms with Crippen molar-refractivity contribution < 1.29 is 17.9 Å². The van der Waals surface area contributed by atoms with E-state index in [4.69, 9.17) is 16.3 Å². The summed E-state index contributed by atoms with van der Waals surface area (Å²) in [4.78, 5) is 16.8. The predicted octanol–water partition coefficient (Wildman–Crippen LogP) is 2.94. The SMILES string of the molecule is Cc1nn(-c2ccccc2)c(N(CCN2CCOCC2)C(=O)NS(=O)(=O)c2ccc(Cl)cc2)c1C#N. The molecular formula is C24H25ClN6O4S. The summed E-state index contributed by atoms with van der Waals surface area (Å²) in [5.74, 6) is 0.193. The molecule has 0 spiro atoms. The molecular weight excluding hydrogens is 504 g/mol. The lowest BCUT2D eigenvalue weighted by Crippen LogP contribution is -2.48. The number of urea groups is 1. The molecule has 1 fully saturated rings. The molecule has 0 unspecified atom stereocenters. The molecule has 188 valence electrons. The number of amides is 2. The Morgan fingerprint density at radius 3 is 2.47 bits per heavy atom. The monoisotopic (exact) mass is 528 g/mol. The van der Waals surface area contributed by atoms with Crippen molar-refractivity contribution in [1.82, 2.24) is 19.4 Å². The average Bonchev–Trinajstić information content (AvgIpc) is 3.21. The number of hydrogen-bond donors (Lipinski definition) is 1. The van der Waals surface area contributed by atoms with Crippen LogP contribution in [0.4, 0.5) is 10.6 Å². The number of nitriles is 1. The number of benzene rings is 2. The van der Waals surface area contributed by atoms with Gasteiger partial charge >= 0.3 is 6.03 Å². The third kappa shape index (κ3) is 5.68. The molecule has 1 aliphatic heterocycles. The molecule has 4 rings (SSSR count). The number of carbonyl (C=O) groups excluding carboxylic acids is 1. The van der Waals surface area contributed by atoms with E-state index in [1.54, 1.807) is 19.1 Å². The fraction of sp³-hybridized carbons (Fsp3) is 0.292. The van der Waals surface area contributed by atoms with E-state index >= 15 is 0 Å². The lowest BCUT2D eigenvalue weighted by atomic mass is 10.2. The molecule has 2 aromatic carbocycles. The van der Waals surface area contributed by atoms with Gasteiger partial charge in [-0.1, -0.05) is 29.8 Å². The van der Waals surface area contributed by atoms with Gasteiger partial charge in [0.05, 0.1) is 29.5 Å². The van der Waals surface area contributed by atoms with Gasteiger partial charge in [-0.15, -0.1) is 0 Å². The Morgan fingerprint density at radius 2 is 1.83 bits per heavy atom. The second-order valence-corrected chi connectivity index (χ2v) is 10.2. The minimum atomic E-state index is -4.21. The van der Waals surface area contributed by atoms with Gasteiger partial charge in [-0.05, 0) is 43.3 Å². The average molecular weight is 529 g/mol. The molecule has 10 nitrogen and oxygen atoms in total. The van der Waals surface area contributed by atoms with E-state index < -0.39 is 16.1 Å². The van der Waals surface area contributed by atoms with Gasteiger partial charge in [0.2, 0.25) is 0 Å². The molecule has 0 atom stereocenters. The molecule has 1 aromatic heterocycles. The number of ether oxygens (including phenoxy) is 1. The van der Waals surface area contributed by atoms with Crippen molar-refractivity contribution in [3.8, 4) is 11.8 Å². The number of nitrogens with one attached hydrogen (secondary N) is 1. The first-order valence-corrected chi connectivity index (χ1v) is 13.1. The molecule has 3 aromatic rings. The van der Waals surface area contributed by atoms with E-state index in [0.29, 0.717) is 49.3 Å². The number of carbonyl (C=O) groups is 1. The van der Waals surface area contributed by atoms with E-state index in [9.17, 15) is 18.5 Å². The summed E-state index contributed by atoms with van der Waals surface area (Å²) >= 11 is 5.88. The number of sulfonamides is 1. The maximum Gasteiger partial charge on any atom is 0.337 e. The standard InChI is InChI=1S/C24H25ClN6O4S/c1-18-22(17-26)23(31(27-18)20-5-3-2-4-6-20)30(12-11-29-13-15-35-16-14-29)24(32)28-36(33,34)21-9-7-19(25)8-10-21/h2-10H,11-16H2,1H3,(H,28,32). The van der Waals surface area contributed by atoms with Crippen LogP contribution >= 0.6 is 11.6 Å². The van der Waals surface area contributed by atoms with E-state index in [1.807, 2.05) is 18.2 Å². The quantitative estimate of drug-likeness (QED) is 0.500. The van der Waals surface area contributed by atoms with Gasteiger partial charge < -0.3 is 4.74 Å². The molecule has 2 heterocycles. The molecule has 2 amide bonds. The van der Waals surface area contributed by atoms with Crippen molar-refractivity contribution in [3.63, 3.8) is 0 Å². The van der Waals surface area contributed by atoms with E-state index in [0.717, 1.165) is 0 Å². The van der Waals surface area contributed by atoms with Crippen LogP contribution in [0.3, 0.4) is 0 Å². The maximum atomic E-state index is 13.5. The van der Waals surface area contributed by atoms with Crippen LogP contribution in [0.5, 0.6) is 0 Å². The number of aryl methyl sites for hydroxylation is 1. The van der Waals surface area contributed by atoms with Crippen LogP contribution in [-0.2, 0) is 14.8 Å². The summed E-state index contributed by atoms with van der Waals surface area (Å²) in [6.45, 7) is 4.74. The summed E-state index contributed by atoms with van der Waals surface area (Å²) in [6, 6.07) is 15.8. The van der Waals surface area contributed by atoms with Crippen molar-refractivity contribution >= 4 is 33.5 Å². The minimum Gasteiger partial charge on any atom is -0.379 e. The molecule has 1 N–H and O–H groups in total. The molecule has 0 aliphatic carbocycles. The zero-order valence-corrected chi connectivity index (χ0v) is 21.2. The van der Waals surface area contributed by atoms with Crippen molar-refractivity contribution in [2.24, 2.45) is 0 Å².